The molecule has 0 bridgehead atoms. The van der Waals surface area contributed by atoms with Crippen LogP contribution in [0, 0.1) is 0 Å². The fraction of sp³-hybridized carbons (Fsp3) is 0.407. The standard InChI is InChI=1S/C27H32N2O5S/c1-27(2,3)33-26(30)34-29-15-13-21(14-16-29)25-28-22(19-35-25)18-32-24-11-9-23(10-12-24)31-17-20-7-5-4-6-8-20/h4-12,19,21H,13-18H2,1-3H3. The highest BCUT2D eigenvalue weighted by molar-refractivity contribution is 7.09. The van der Waals surface area contributed by atoms with Crippen LogP contribution < -0.4 is 9.47 Å². The smallest absolute Gasteiger partial charge is 0.489 e. The van der Waals surface area contributed by atoms with Crippen molar-refractivity contribution < 1.29 is 23.8 Å². The lowest BCUT2D eigenvalue weighted by atomic mass is 9.99. The number of carbonyl (C=O) groups excluding carboxylic acids is 1. The molecule has 2 heterocycles. The van der Waals surface area contributed by atoms with E-state index in [1.807, 2.05) is 75.4 Å². The van der Waals surface area contributed by atoms with Crippen LogP contribution in [0.5, 0.6) is 11.5 Å². The largest absolute Gasteiger partial charge is 0.528 e. The number of rotatable bonds is 8. The summed E-state index contributed by atoms with van der Waals surface area (Å²) in [5.41, 5.74) is 1.49. The maximum atomic E-state index is 11.9. The third-order valence-electron chi connectivity index (χ3n) is 5.42. The molecule has 7 nitrogen and oxygen atoms in total. The summed E-state index contributed by atoms with van der Waals surface area (Å²) >= 11 is 1.66. The predicted octanol–water partition coefficient (Wildman–Crippen LogP) is 6.35. The Morgan fingerprint density at radius 2 is 1.60 bits per heavy atom. The molecule has 1 saturated heterocycles. The van der Waals surface area contributed by atoms with Crippen LogP contribution in [0.25, 0.3) is 0 Å². The zero-order chi connectivity index (χ0) is 24.7. The molecule has 0 aliphatic carbocycles. The summed E-state index contributed by atoms with van der Waals surface area (Å²) < 4.78 is 17.0. The van der Waals surface area contributed by atoms with E-state index in [9.17, 15) is 4.79 Å². The zero-order valence-corrected chi connectivity index (χ0v) is 21.3. The van der Waals surface area contributed by atoms with Crippen LogP contribution in [0.3, 0.4) is 0 Å². The number of piperidine rings is 1. The Morgan fingerprint density at radius 1 is 0.971 bits per heavy atom. The van der Waals surface area contributed by atoms with E-state index in [0.717, 1.165) is 40.6 Å². The van der Waals surface area contributed by atoms with Gasteiger partial charge in [0.25, 0.3) is 0 Å². The SMILES string of the molecule is CC(C)(C)OC(=O)ON1CCC(c2nc(COc3ccc(OCc4ccccc4)cc3)cs2)CC1. The van der Waals surface area contributed by atoms with Crippen molar-refractivity contribution in [2.45, 2.75) is 58.3 Å². The van der Waals surface area contributed by atoms with Gasteiger partial charge in [-0.15, -0.1) is 16.4 Å². The molecule has 1 aliphatic rings. The molecular formula is C27H32N2O5S. The number of hydrogen-bond acceptors (Lipinski definition) is 8. The molecule has 1 aliphatic heterocycles. The van der Waals surface area contributed by atoms with Crippen LogP contribution >= 0.6 is 11.3 Å². The molecule has 0 unspecified atom stereocenters. The summed E-state index contributed by atoms with van der Waals surface area (Å²) in [6.07, 6.45) is 1.10. The fourth-order valence-corrected chi connectivity index (χ4v) is 4.65. The zero-order valence-electron chi connectivity index (χ0n) is 20.4. The van der Waals surface area contributed by atoms with Crippen LogP contribution in [0.4, 0.5) is 4.79 Å². The van der Waals surface area contributed by atoms with Gasteiger partial charge >= 0.3 is 6.16 Å². The second-order valence-electron chi connectivity index (χ2n) is 9.47. The van der Waals surface area contributed by atoms with Gasteiger partial charge in [0.05, 0.1) is 10.7 Å². The van der Waals surface area contributed by atoms with Gasteiger partial charge in [-0.05, 0) is 63.4 Å². The third kappa shape index (κ3) is 7.97. The van der Waals surface area contributed by atoms with E-state index < -0.39 is 11.8 Å². The minimum absolute atomic E-state index is 0.355. The molecule has 4 rings (SSSR count). The highest BCUT2D eigenvalue weighted by atomic mass is 32.1. The summed E-state index contributed by atoms with van der Waals surface area (Å²) in [4.78, 5) is 22.0. The molecule has 1 aromatic heterocycles. The molecule has 35 heavy (non-hydrogen) atoms. The van der Waals surface area contributed by atoms with E-state index in [0.29, 0.717) is 32.2 Å². The summed E-state index contributed by atoms with van der Waals surface area (Å²) in [7, 11) is 0. The Bertz CT molecular complexity index is 1070. The first-order chi connectivity index (χ1) is 16.8. The van der Waals surface area contributed by atoms with Crippen LogP contribution in [-0.2, 0) is 22.8 Å². The van der Waals surface area contributed by atoms with Crippen molar-refractivity contribution in [3.8, 4) is 11.5 Å². The Labute approximate surface area is 210 Å². The van der Waals surface area contributed by atoms with Gasteiger partial charge in [0.15, 0.2) is 0 Å². The molecule has 0 atom stereocenters. The lowest BCUT2D eigenvalue weighted by Gasteiger charge is -2.30. The van der Waals surface area contributed by atoms with E-state index in [2.05, 4.69) is 5.38 Å². The molecule has 2 aromatic carbocycles. The molecule has 0 radical (unpaired) electrons. The number of thiazole rings is 1. The third-order valence-corrected chi connectivity index (χ3v) is 6.48. The van der Waals surface area contributed by atoms with Gasteiger partial charge in [0.1, 0.15) is 30.3 Å². The first-order valence-electron chi connectivity index (χ1n) is 11.8. The van der Waals surface area contributed by atoms with E-state index in [4.69, 9.17) is 24.0 Å². The van der Waals surface area contributed by atoms with Crippen LogP contribution in [0.2, 0.25) is 0 Å². The molecular weight excluding hydrogens is 464 g/mol. The topological polar surface area (TPSA) is 70.1 Å². The molecule has 8 heteroatoms. The van der Waals surface area contributed by atoms with Crippen molar-refractivity contribution in [2.75, 3.05) is 13.1 Å². The highest BCUT2D eigenvalue weighted by Gasteiger charge is 2.27. The number of hydroxylamine groups is 2. The van der Waals surface area contributed by atoms with Crippen LogP contribution in [0.15, 0.2) is 60.0 Å². The van der Waals surface area contributed by atoms with Gasteiger partial charge in [-0.1, -0.05) is 30.3 Å². The van der Waals surface area contributed by atoms with Crippen molar-refractivity contribution in [1.82, 2.24) is 10.0 Å². The Kier molecular flexibility index (Phi) is 8.25. The van der Waals surface area contributed by atoms with E-state index in [1.54, 1.807) is 16.4 Å². The van der Waals surface area contributed by atoms with Gasteiger partial charge < -0.3 is 19.0 Å². The number of benzene rings is 2. The molecule has 0 N–H and O–H groups in total. The van der Waals surface area contributed by atoms with Gasteiger partial charge in [0, 0.05) is 24.4 Å². The van der Waals surface area contributed by atoms with Crippen LogP contribution in [0.1, 0.15) is 55.8 Å². The van der Waals surface area contributed by atoms with Crippen molar-refractivity contribution in [3.63, 3.8) is 0 Å². The molecule has 0 spiro atoms. The number of nitrogens with zero attached hydrogens (tertiary/aromatic N) is 2. The molecule has 1 fully saturated rings. The summed E-state index contributed by atoms with van der Waals surface area (Å²) in [5, 5.41) is 4.83. The monoisotopic (exact) mass is 496 g/mol. The lowest BCUT2D eigenvalue weighted by Crippen LogP contribution is -2.37. The molecule has 0 amide bonds. The maximum Gasteiger partial charge on any atom is 0.528 e. The fourth-order valence-electron chi connectivity index (χ4n) is 3.67. The van der Waals surface area contributed by atoms with Gasteiger partial charge in [-0.3, -0.25) is 0 Å². The van der Waals surface area contributed by atoms with Crippen molar-refractivity contribution in [3.05, 3.63) is 76.2 Å². The average Bonchev–Trinajstić information content (AvgIpc) is 3.31. The normalized spacial score (nSPS) is 14.9. The second kappa shape index (κ2) is 11.6. The van der Waals surface area contributed by atoms with E-state index in [1.165, 1.54) is 0 Å². The first-order valence-corrected chi connectivity index (χ1v) is 12.7. The first kappa shape index (κ1) is 25.0. The minimum Gasteiger partial charge on any atom is -0.489 e. The number of aromatic nitrogens is 1. The molecule has 3 aromatic rings. The number of hydrogen-bond donors (Lipinski definition) is 0. The lowest BCUT2D eigenvalue weighted by molar-refractivity contribution is -0.152. The minimum atomic E-state index is -0.652. The van der Waals surface area contributed by atoms with Crippen molar-refractivity contribution >= 4 is 17.5 Å². The van der Waals surface area contributed by atoms with Gasteiger partial charge in [-0.2, -0.15) is 0 Å². The Balaban J connectivity index is 1.19. The summed E-state index contributed by atoms with van der Waals surface area (Å²) in [6, 6.07) is 17.7. The van der Waals surface area contributed by atoms with Crippen LogP contribution in [-0.4, -0.2) is 34.9 Å². The van der Waals surface area contributed by atoms with E-state index in [-0.39, 0.29) is 0 Å². The van der Waals surface area contributed by atoms with Crippen molar-refractivity contribution in [1.29, 1.82) is 0 Å². The second-order valence-corrected chi connectivity index (χ2v) is 10.4. The van der Waals surface area contributed by atoms with Gasteiger partial charge in [-0.25, -0.2) is 9.78 Å². The summed E-state index contributed by atoms with van der Waals surface area (Å²) in [5.74, 6) is 1.94. The average molecular weight is 497 g/mol. The quantitative estimate of drug-likeness (QED) is 0.337. The van der Waals surface area contributed by atoms with Crippen molar-refractivity contribution in [2.24, 2.45) is 0 Å². The molecule has 186 valence electrons. The number of ether oxygens (including phenoxy) is 3. The highest BCUT2D eigenvalue weighted by Crippen LogP contribution is 2.31. The summed E-state index contributed by atoms with van der Waals surface area (Å²) in [6.45, 7) is 7.74. The predicted molar refractivity (Wildman–Crippen MR) is 135 cm³/mol. The Morgan fingerprint density at radius 3 is 2.23 bits per heavy atom. The molecule has 0 saturated carbocycles. The Hall–Kier alpha value is -3.10. The van der Waals surface area contributed by atoms with Gasteiger partial charge in [0.2, 0.25) is 0 Å². The number of carbonyl (C=O) groups is 1. The maximum absolute atomic E-state index is 11.9. The van der Waals surface area contributed by atoms with E-state index >= 15 is 0 Å².